The summed E-state index contributed by atoms with van der Waals surface area (Å²) in [7, 11) is 0. The molecule has 3 aromatic heterocycles. The molecule has 0 saturated heterocycles. The first-order chi connectivity index (χ1) is 36.5. The largest absolute Gasteiger partial charge is 0.308 e. The molecule has 11 rings (SSSR count). The average molecular weight is 797 g/mol. The van der Waals surface area contributed by atoms with Gasteiger partial charge in [-0.2, -0.15) is 0 Å². The van der Waals surface area contributed by atoms with Crippen molar-refractivity contribution < 1.29 is 20.6 Å². The Kier molecular flexibility index (Phi) is 5.87. The fraction of sp³-hybridized carbons (Fsp3) is 0. The molecular formula is C54H35N7. The van der Waals surface area contributed by atoms with Gasteiger partial charge >= 0.3 is 0 Å². The van der Waals surface area contributed by atoms with Crippen molar-refractivity contribution in [1.82, 2.24) is 34.5 Å². The molecule has 0 amide bonds. The Morgan fingerprint density at radius 1 is 0.328 bits per heavy atom. The molecule has 0 atom stereocenters. The first-order valence-corrected chi connectivity index (χ1v) is 19.0. The number of hydrogen-bond donors (Lipinski definition) is 0. The van der Waals surface area contributed by atoms with Crippen LogP contribution in [0.1, 0.15) is 20.6 Å². The highest BCUT2D eigenvalue weighted by Crippen LogP contribution is 2.41. The molecule has 3 heterocycles. The zero-order valence-electron chi connectivity index (χ0n) is 46.7. The zero-order valence-corrected chi connectivity index (χ0v) is 31.7. The molecule has 7 heteroatoms. The summed E-state index contributed by atoms with van der Waals surface area (Å²) in [4.78, 5) is 28.5. The number of nitrogens with zero attached hydrogens (tertiary/aromatic N) is 7. The van der Waals surface area contributed by atoms with E-state index >= 15 is 0 Å². The molecule has 286 valence electrons. The molecule has 0 aliphatic rings. The quantitative estimate of drug-likeness (QED) is 0.152. The smallest absolute Gasteiger partial charge is 0.166 e. The summed E-state index contributed by atoms with van der Waals surface area (Å²) >= 11 is 0. The highest BCUT2D eigenvalue weighted by Gasteiger charge is 2.23. The van der Waals surface area contributed by atoms with Crippen LogP contribution in [0.2, 0.25) is 0 Å². The van der Waals surface area contributed by atoms with E-state index in [1.54, 1.807) is 48.5 Å². The Morgan fingerprint density at radius 3 is 1.36 bits per heavy atom. The van der Waals surface area contributed by atoms with Gasteiger partial charge in [-0.25, -0.2) is 29.9 Å². The van der Waals surface area contributed by atoms with E-state index in [0.29, 0.717) is 11.3 Å². The van der Waals surface area contributed by atoms with Gasteiger partial charge in [-0.05, 0) is 41.5 Å². The fourth-order valence-corrected chi connectivity index (χ4v) is 7.32. The lowest BCUT2D eigenvalue weighted by Gasteiger charge is -2.16. The van der Waals surface area contributed by atoms with Crippen LogP contribution < -0.4 is 0 Å². The van der Waals surface area contributed by atoms with E-state index in [9.17, 15) is 0 Å². The minimum atomic E-state index is -0.700. The molecule has 11 aromatic rings. The van der Waals surface area contributed by atoms with E-state index < -0.39 is 113 Å². The Balaban J connectivity index is 1.28. The second-order valence-corrected chi connectivity index (χ2v) is 13.6. The maximum absolute atomic E-state index is 8.99. The third-order valence-corrected chi connectivity index (χ3v) is 9.99. The number of rotatable bonds is 8. The summed E-state index contributed by atoms with van der Waals surface area (Å²) in [5.74, 6) is -1.41. The third kappa shape index (κ3) is 6.70. The number of fused-ring (bicyclic) bond motifs is 3. The zero-order chi connectivity index (χ0) is 53.6. The highest BCUT2D eigenvalue weighted by atomic mass is 15.1. The molecule has 0 fully saturated rings. The minimum absolute atomic E-state index is 0.0524. The van der Waals surface area contributed by atoms with Gasteiger partial charge in [-0.1, -0.05) is 182 Å². The molecular weight excluding hydrogens is 747 g/mol. The Bertz CT molecular complexity index is 4080. The standard InChI is InChI=1S/C54H35N7/c1-6-19-36(20-7-1)42-30-18-32-47-48(42)43-29-16-17-31-45(43)61(47)46-34-33-41(53-57-49(37-21-8-2-9-22-37)55-50(58-53)38-23-10-3-11-24-38)35-44(46)54-59-51(39-25-12-4-13-26-39)56-52(60-54)40-27-14-5-15-28-40/h1-35H/i2D,3D,4D,8D,9D,10D,11D,12D,13D,21D,22D,23D,24D,25D,26D. The maximum Gasteiger partial charge on any atom is 0.166 e. The monoisotopic (exact) mass is 796 g/mol. The lowest BCUT2D eigenvalue weighted by atomic mass is 9.99. The van der Waals surface area contributed by atoms with Crippen LogP contribution in [-0.4, -0.2) is 34.5 Å². The summed E-state index contributed by atoms with van der Waals surface area (Å²) in [5, 5.41) is 1.79. The summed E-state index contributed by atoms with van der Waals surface area (Å²) in [6.07, 6.45) is 0. The molecule has 0 unspecified atom stereocenters. The van der Waals surface area contributed by atoms with Gasteiger partial charge in [0.15, 0.2) is 34.9 Å². The predicted molar refractivity (Wildman–Crippen MR) is 246 cm³/mol. The first-order valence-electron chi connectivity index (χ1n) is 26.5. The molecule has 8 aromatic carbocycles. The van der Waals surface area contributed by atoms with Gasteiger partial charge in [-0.15, -0.1) is 0 Å². The van der Waals surface area contributed by atoms with Crippen molar-refractivity contribution >= 4 is 21.8 Å². The van der Waals surface area contributed by atoms with Crippen molar-refractivity contribution in [2.24, 2.45) is 0 Å². The molecule has 7 nitrogen and oxygen atoms in total. The van der Waals surface area contributed by atoms with Crippen LogP contribution in [0.15, 0.2) is 212 Å². The van der Waals surface area contributed by atoms with E-state index in [0.717, 1.165) is 32.9 Å². The van der Waals surface area contributed by atoms with Gasteiger partial charge < -0.3 is 4.57 Å². The van der Waals surface area contributed by atoms with Gasteiger partial charge in [0.05, 0.1) is 37.3 Å². The minimum Gasteiger partial charge on any atom is -0.308 e. The van der Waals surface area contributed by atoms with E-state index in [1.165, 1.54) is 0 Å². The van der Waals surface area contributed by atoms with Crippen LogP contribution in [0.3, 0.4) is 0 Å². The van der Waals surface area contributed by atoms with Crippen LogP contribution in [-0.2, 0) is 0 Å². The van der Waals surface area contributed by atoms with Crippen LogP contribution in [0, 0.1) is 0 Å². The number of benzene rings is 8. The number of aromatic nitrogens is 7. The average Bonchev–Trinajstić information content (AvgIpc) is 3.86. The SMILES string of the molecule is [2H]c1c([2H])c([2H])c(-c2nc(-c3ccccc3)nc(-c3cc(-c4nc(-c5c([2H])c([2H])c([2H])c([2H])c5[2H])nc(-c5c([2H])c([2H])c([2H])c([2H])c5[2H])n4)ccc3-n3c4ccccc4c4c(-c5ccccc5)cccc43)n2)c([2H])c1[2H]. The van der Waals surface area contributed by atoms with Crippen LogP contribution in [0.25, 0.3) is 107 Å². The molecule has 0 radical (unpaired) electrons. The summed E-state index contributed by atoms with van der Waals surface area (Å²) in [6.45, 7) is 0. The summed E-state index contributed by atoms with van der Waals surface area (Å²) in [5.41, 5.74) is 3.56. The van der Waals surface area contributed by atoms with Crippen molar-refractivity contribution in [1.29, 1.82) is 0 Å². The Labute approximate surface area is 373 Å². The van der Waals surface area contributed by atoms with E-state index in [2.05, 4.69) is 4.98 Å². The van der Waals surface area contributed by atoms with Crippen LogP contribution >= 0.6 is 0 Å². The fourth-order valence-electron chi connectivity index (χ4n) is 7.32. The maximum atomic E-state index is 8.99. The van der Waals surface area contributed by atoms with Crippen LogP contribution in [0.5, 0.6) is 0 Å². The Morgan fingerprint density at radius 2 is 0.787 bits per heavy atom. The third-order valence-electron chi connectivity index (χ3n) is 9.99. The van der Waals surface area contributed by atoms with Crippen molar-refractivity contribution in [3.63, 3.8) is 0 Å². The van der Waals surface area contributed by atoms with Gasteiger partial charge in [0.25, 0.3) is 0 Å². The molecule has 0 aliphatic heterocycles. The van der Waals surface area contributed by atoms with Crippen LogP contribution in [0.4, 0.5) is 0 Å². The van der Waals surface area contributed by atoms with Crippen molar-refractivity contribution in [2.75, 3.05) is 0 Å². The van der Waals surface area contributed by atoms with Gasteiger partial charge in [0.2, 0.25) is 0 Å². The topological polar surface area (TPSA) is 82.3 Å². The van der Waals surface area contributed by atoms with Crippen molar-refractivity contribution in [3.8, 4) is 85.1 Å². The predicted octanol–water partition coefficient (Wildman–Crippen LogP) is 12.8. The van der Waals surface area contributed by atoms with Gasteiger partial charge in [-0.3, -0.25) is 0 Å². The number of para-hydroxylation sites is 1. The van der Waals surface area contributed by atoms with E-state index in [-0.39, 0.29) is 40.0 Å². The normalized spacial score (nSPS) is 14.7. The first kappa shape index (κ1) is 23.2. The molecule has 0 spiro atoms. The van der Waals surface area contributed by atoms with Crippen molar-refractivity contribution in [2.45, 2.75) is 0 Å². The molecule has 61 heavy (non-hydrogen) atoms. The molecule has 0 bridgehead atoms. The van der Waals surface area contributed by atoms with E-state index in [1.807, 2.05) is 77.4 Å². The lowest BCUT2D eigenvalue weighted by Crippen LogP contribution is -2.05. The summed E-state index contributed by atoms with van der Waals surface area (Å²) < 4.78 is 132. The molecule has 0 N–H and O–H groups in total. The highest BCUT2D eigenvalue weighted by molar-refractivity contribution is 6.16. The second-order valence-electron chi connectivity index (χ2n) is 13.6. The number of hydrogen-bond acceptors (Lipinski definition) is 6. The van der Waals surface area contributed by atoms with Gasteiger partial charge in [0, 0.05) is 44.2 Å². The van der Waals surface area contributed by atoms with Crippen molar-refractivity contribution in [3.05, 3.63) is 212 Å². The molecule has 0 aliphatic carbocycles. The summed E-state index contributed by atoms with van der Waals surface area (Å²) in [6, 6.07) is 27.6. The lowest BCUT2D eigenvalue weighted by molar-refractivity contribution is 1.06. The Hall–Kier alpha value is -8.42. The van der Waals surface area contributed by atoms with Gasteiger partial charge in [0.1, 0.15) is 0 Å². The molecule has 0 saturated carbocycles. The second kappa shape index (κ2) is 15.4. The van der Waals surface area contributed by atoms with E-state index in [4.69, 9.17) is 45.5 Å².